The molecule has 8 rings (SSSR count). The number of benzene rings is 6. The summed E-state index contributed by atoms with van der Waals surface area (Å²) in [5, 5.41) is 0. The second-order valence-electron chi connectivity index (χ2n) is 14.7. The van der Waals surface area contributed by atoms with Crippen molar-refractivity contribution in [1.29, 1.82) is 0 Å². The fourth-order valence-corrected chi connectivity index (χ4v) is 6.70. The minimum absolute atomic E-state index is 0.170. The van der Waals surface area contributed by atoms with Crippen LogP contribution in [0.25, 0.3) is 33.4 Å². The SMILES string of the molecule is C1CC1.C=C(C)/C=C\C.CCCC.Cc1ccc(-c2ccccc2)cc1.Cc1ccccc1-c1ccccc1C1(C)c2ccccc2-c2c(C)cccc21. The van der Waals surface area contributed by atoms with Gasteiger partial charge in [0, 0.05) is 5.41 Å². The van der Waals surface area contributed by atoms with E-state index >= 15 is 0 Å². The first kappa shape index (κ1) is 41.6. The number of hydrogen-bond acceptors (Lipinski definition) is 0. The fraction of sp³-hybridized carbons (Fsp3) is 0.259. The first-order valence-electron chi connectivity index (χ1n) is 19.9. The number of fused-ring (bicyclic) bond motifs is 3. The van der Waals surface area contributed by atoms with Gasteiger partial charge in [-0.15, -0.1) is 0 Å². The van der Waals surface area contributed by atoms with Gasteiger partial charge in [0.2, 0.25) is 0 Å². The Hall–Kier alpha value is -5.20. The minimum Gasteiger partial charge on any atom is -0.0961 e. The van der Waals surface area contributed by atoms with Crippen LogP contribution in [0.2, 0.25) is 0 Å². The highest BCUT2D eigenvalue weighted by molar-refractivity contribution is 5.87. The zero-order chi connectivity index (χ0) is 38.9. The van der Waals surface area contributed by atoms with Gasteiger partial charge in [0.05, 0.1) is 0 Å². The van der Waals surface area contributed by atoms with Gasteiger partial charge in [-0.25, -0.2) is 0 Å². The molecule has 0 heterocycles. The first-order chi connectivity index (χ1) is 26.2. The maximum Gasteiger partial charge on any atom is 0.0441 e. The zero-order valence-corrected chi connectivity index (χ0v) is 34.3. The topological polar surface area (TPSA) is 0 Å². The lowest BCUT2D eigenvalue weighted by Crippen LogP contribution is -2.23. The molecule has 1 fully saturated rings. The molecule has 1 atom stereocenters. The summed E-state index contributed by atoms with van der Waals surface area (Å²) in [5.74, 6) is 0. The minimum atomic E-state index is -0.170. The molecule has 0 N–H and O–H groups in total. The van der Waals surface area contributed by atoms with E-state index in [9.17, 15) is 0 Å². The predicted molar refractivity (Wildman–Crippen MR) is 239 cm³/mol. The molecule has 0 amide bonds. The molecule has 2 aliphatic carbocycles. The molecule has 1 unspecified atom stereocenters. The summed E-state index contributed by atoms with van der Waals surface area (Å²) in [6.45, 7) is 20.9. The maximum atomic E-state index is 3.66. The first-order valence-corrected chi connectivity index (χ1v) is 19.9. The van der Waals surface area contributed by atoms with Gasteiger partial charge in [-0.3, -0.25) is 0 Å². The molecule has 0 radical (unpaired) electrons. The molecular formula is C54H62. The van der Waals surface area contributed by atoms with Crippen molar-refractivity contribution in [2.24, 2.45) is 0 Å². The van der Waals surface area contributed by atoms with E-state index in [2.05, 4.69) is 188 Å². The Bertz CT molecular complexity index is 2070. The summed E-state index contributed by atoms with van der Waals surface area (Å²) < 4.78 is 0. The van der Waals surface area contributed by atoms with Gasteiger partial charge >= 0.3 is 0 Å². The molecule has 0 aliphatic heterocycles. The molecule has 2 aliphatic rings. The number of hydrogen-bond donors (Lipinski definition) is 0. The quantitative estimate of drug-likeness (QED) is 0.156. The molecule has 0 nitrogen and oxygen atoms in total. The second-order valence-corrected chi connectivity index (χ2v) is 14.7. The maximum absolute atomic E-state index is 3.66. The highest BCUT2D eigenvalue weighted by Crippen LogP contribution is 2.55. The normalized spacial score (nSPS) is 14.3. The van der Waals surface area contributed by atoms with Crippen LogP contribution in [0.1, 0.15) is 100 Å². The number of unbranched alkanes of at least 4 members (excludes halogenated alkanes) is 1. The Balaban J connectivity index is 0.000000205. The highest BCUT2D eigenvalue weighted by Gasteiger charge is 2.42. The molecular weight excluding hydrogens is 649 g/mol. The van der Waals surface area contributed by atoms with Crippen LogP contribution < -0.4 is 0 Å². The van der Waals surface area contributed by atoms with Gasteiger partial charge in [-0.1, -0.05) is 221 Å². The van der Waals surface area contributed by atoms with Crippen LogP contribution in [-0.4, -0.2) is 0 Å². The zero-order valence-electron chi connectivity index (χ0n) is 34.3. The van der Waals surface area contributed by atoms with E-state index < -0.39 is 0 Å². The van der Waals surface area contributed by atoms with Crippen LogP contribution in [0.4, 0.5) is 0 Å². The van der Waals surface area contributed by atoms with Crippen LogP contribution in [0.15, 0.2) is 170 Å². The van der Waals surface area contributed by atoms with E-state index in [1.165, 1.54) is 98.9 Å². The van der Waals surface area contributed by atoms with Crippen LogP contribution in [-0.2, 0) is 5.41 Å². The summed E-state index contributed by atoms with van der Waals surface area (Å²) in [4.78, 5) is 0. The highest BCUT2D eigenvalue weighted by atomic mass is 14.4. The summed E-state index contributed by atoms with van der Waals surface area (Å²) in [6.07, 6.45) is 11.1. The Kier molecular flexibility index (Phi) is 16.1. The van der Waals surface area contributed by atoms with E-state index in [1.807, 2.05) is 32.1 Å². The average Bonchev–Trinajstić information content (AvgIpc) is 4.07. The smallest absolute Gasteiger partial charge is 0.0441 e. The molecule has 6 aromatic carbocycles. The van der Waals surface area contributed by atoms with Crippen LogP contribution >= 0.6 is 0 Å². The van der Waals surface area contributed by atoms with E-state index in [0.29, 0.717) is 0 Å². The average molecular weight is 711 g/mol. The third kappa shape index (κ3) is 10.9. The lowest BCUT2D eigenvalue weighted by molar-refractivity contribution is 0.715. The summed E-state index contributed by atoms with van der Waals surface area (Å²) >= 11 is 0. The van der Waals surface area contributed by atoms with Crippen molar-refractivity contribution in [3.05, 3.63) is 203 Å². The lowest BCUT2D eigenvalue weighted by Gasteiger charge is -2.31. The number of rotatable bonds is 5. The van der Waals surface area contributed by atoms with Crippen molar-refractivity contribution < 1.29 is 0 Å². The van der Waals surface area contributed by atoms with Crippen molar-refractivity contribution in [1.82, 2.24) is 0 Å². The molecule has 1 saturated carbocycles. The standard InChI is InChI=1S/C28H24.C13H12.C6H10.C4H10.C3H6/c1-19-11-4-5-13-21(19)22-14-6-8-16-24(22)28(3)25-17-9-7-15-23(25)27-20(2)12-10-18-26(27)28;1-11-7-9-13(10-8-11)12-5-3-2-4-6-12;1-4-5-6(2)3;1-3-4-2;1-2-3-1/h4-18H,1-3H3;2-10H,1H3;4-5H,2H2,1,3H3;3-4H2,1-2H3;1-3H2/b;;5-4-;;. The van der Waals surface area contributed by atoms with Gasteiger partial charge in [-0.2, -0.15) is 0 Å². The fourth-order valence-electron chi connectivity index (χ4n) is 6.70. The number of aryl methyl sites for hydroxylation is 3. The van der Waals surface area contributed by atoms with Gasteiger partial charge < -0.3 is 0 Å². The Morgan fingerprint density at radius 2 is 1.00 bits per heavy atom. The Labute approximate surface area is 328 Å². The molecule has 0 aromatic heterocycles. The predicted octanol–water partition coefficient (Wildman–Crippen LogP) is 16.1. The Morgan fingerprint density at radius 1 is 0.537 bits per heavy atom. The van der Waals surface area contributed by atoms with Gasteiger partial charge in [0.15, 0.2) is 0 Å². The van der Waals surface area contributed by atoms with Crippen molar-refractivity contribution in [3.63, 3.8) is 0 Å². The molecule has 6 aromatic rings. The molecule has 0 heteroatoms. The van der Waals surface area contributed by atoms with Gasteiger partial charge in [0.25, 0.3) is 0 Å². The van der Waals surface area contributed by atoms with Crippen LogP contribution in [0.5, 0.6) is 0 Å². The molecule has 0 spiro atoms. The largest absolute Gasteiger partial charge is 0.0961 e. The monoisotopic (exact) mass is 710 g/mol. The lowest BCUT2D eigenvalue weighted by atomic mass is 9.71. The van der Waals surface area contributed by atoms with Gasteiger partial charge in [-0.05, 0) is 103 Å². The number of allylic oxidation sites excluding steroid dienone is 3. The Morgan fingerprint density at radius 3 is 1.52 bits per heavy atom. The van der Waals surface area contributed by atoms with Crippen molar-refractivity contribution in [2.75, 3.05) is 0 Å². The molecule has 0 saturated heterocycles. The third-order valence-electron chi connectivity index (χ3n) is 9.91. The summed E-state index contributed by atoms with van der Waals surface area (Å²) in [7, 11) is 0. The van der Waals surface area contributed by atoms with Crippen molar-refractivity contribution in [3.8, 4) is 33.4 Å². The van der Waals surface area contributed by atoms with Crippen molar-refractivity contribution in [2.45, 2.75) is 92.9 Å². The third-order valence-corrected chi connectivity index (χ3v) is 9.91. The molecule has 54 heavy (non-hydrogen) atoms. The van der Waals surface area contributed by atoms with E-state index in [0.717, 1.165) is 5.57 Å². The van der Waals surface area contributed by atoms with E-state index in [1.54, 1.807) is 0 Å². The second kappa shape index (κ2) is 20.9. The van der Waals surface area contributed by atoms with Crippen LogP contribution in [0.3, 0.4) is 0 Å². The van der Waals surface area contributed by atoms with E-state index in [-0.39, 0.29) is 5.41 Å². The van der Waals surface area contributed by atoms with Gasteiger partial charge in [0.1, 0.15) is 0 Å². The summed E-state index contributed by atoms with van der Waals surface area (Å²) in [6, 6.07) is 52.3. The van der Waals surface area contributed by atoms with Crippen LogP contribution in [0, 0.1) is 20.8 Å². The molecule has 0 bridgehead atoms. The summed E-state index contributed by atoms with van der Waals surface area (Å²) in [5.41, 5.74) is 17.1. The van der Waals surface area contributed by atoms with E-state index in [4.69, 9.17) is 0 Å². The molecule has 278 valence electrons. The van der Waals surface area contributed by atoms with Crippen molar-refractivity contribution >= 4 is 0 Å².